The van der Waals surface area contributed by atoms with Crippen molar-refractivity contribution >= 4 is 33.1 Å². The molecule has 0 atom stereocenters. The molecular formula is C17H15F3N4OS. The van der Waals surface area contributed by atoms with Crippen LogP contribution >= 0.6 is 11.3 Å². The van der Waals surface area contributed by atoms with Crippen LogP contribution in [0.3, 0.4) is 0 Å². The molecule has 0 radical (unpaired) electrons. The lowest BCUT2D eigenvalue weighted by Gasteiger charge is -2.11. The van der Waals surface area contributed by atoms with Crippen molar-refractivity contribution in [2.24, 2.45) is 0 Å². The smallest absolute Gasteiger partial charge is 0.298 e. The number of rotatable bonds is 3. The van der Waals surface area contributed by atoms with E-state index in [0.717, 1.165) is 28.8 Å². The van der Waals surface area contributed by atoms with Crippen LogP contribution in [0.25, 0.3) is 10.2 Å². The minimum absolute atomic E-state index is 0.138. The van der Waals surface area contributed by atoms with E-state index in [4.69, 9.17) is 0 Å². The second-order valence-corrected chi connectivity index (χ2v) is 6.75. The molecule has 0 spiro atoms. The van der Waals surface area contributed by atoms with Crippen LogP contribution in [0.15, 0.2) is 24.3 Å². The van der Waals surface area contributed by atoms with Gasteiger partial charge in [0, 0.05) is 11.1 Å². The van der Waals surface area contributed by atoms with Crippen molar-refractivity contribution in [3.63, 3.8) is 0 Å². The zero-order chi connectivity index (χ0) is 19.1. The van der Waals surface area contributed by atoms with Gasteiger partial charge in [-0.15, -0.1) is 11.3 Å². The molecular weight excluding hydrogens is 365 g/mol. The summed E-state index contributed by atoms with van der Waals surface area (Å²) in [6, 6.07) is 4.60. The molecule has 2 heterocycles. The topological polar surface area (TPSA) is 66.9 Å². The number of hydrazine groups is 1. The summed E-state index contributed by atoms with van der Waals surface area (Å²) in [5.74, 6) is 0.172. The molecule has 3 rings (SSSR count). The van der Waals surface area contributed by atoms with Gasteiger partial charge in [-0.2, -0.15) is 13.2 Å². The normalized spacial score (nSPS) is 11.6. The number of carbonyl (C=O) groups is 1. The van der Waals surface area contributed by atoms with Gasteiger partial charge in [-0.25, -0.2) is 9.97 Å². The second-order valence-electron chi connectivity index (χ2n) is 5.75. The lowest BCUT2D eigenvalue weighted by atomic mass is 10.1. The second kappa shape index (κ2) is 6.56. The number of thiophene rings is 1. The van der Waals surface area contributed by atoms with Crippen LogP contribution in [0, 0.1) is 20.8 Å². The summed E-state index contributed by atoms with van der Waals surface area (Å²) >= 11 is 1.22. The highest BCUT2D eigenvalue weighted by Gasteiger charge is 2.30. The summed E-state index contributed by atoms with van der Waals surface area (Å²) in [6.07, 6.45) is -4.45. The Morgan fingerprint density at radius 2 is 1.88 bits per heavy atom. The summed E-state index contributed by atoms with van der Waals surface area (Å²) in [4.78, 5) is 22.2. The molecule has 0 aliphatic rings. The van der Waals surface area contributed by atoms with Crippen molar-refractivity contribution in [2.45, 2.75) is 26.9 Å². The summed E-state index contributed by atoms with van der Waals surface area (Å²) in [5, 5.41) is 0.824. The third-order valence-electron chi connectivity index (χ3n) is 3.80. The molecule has 0 aliphatic carbocycles. The predicted octanol–water partition coefficient (Wildman–Crippen LogP) is 4.39. The molecule has 2 aromatic heterocycles. The Kier molecular flexibility index (Phi) is 4.57. The third kappa shape index (κ3) is 3.48. The van der Waals surface area contributed by atoms with Gasteiger partial charge >= 0.3 is 6.18 Å². The largest absolute Gasteiger partial charge is 0.416 e. The predicted molar refractivity (Wildman–Crippen MR) is 94.2 cm³/mol. The Morgan fingerprint density at radius 3 is 2.58 bits per heavy atom. The SMILES string of the molecule is Cc1nc(C)c2c(C)c(C(=O)NNc3cccc(C(F)(F)F)c3)sc2n1. The number of aromatic nitrogens is 2. The number of fused-ring (bicyclic) bond motifs is 1. The van der Waals surface area contributed by atoms with Crippen LogP contribution < -0.4 is 10.9 Å². The van der Waals surface area contributed by atoms with Gasteiger partial charge in [0.15, 0.2) is 0 Å². The highest BCUT2D eigenvalue weighted by molar-refractivity contribution is 7.20. The van der Waals surface area contributed by atoms with Gasteiger partial charge in [0.25, 0.3) is 5.91 Å². The van der Waals surface area contributed by atoms with Gasteiger partial charge in [-0.05, 0) is 44.5 Å². The van der Waals surface area contributed by atoms with Crippen LogP contribution in [-0.2, 0) is 6.18 Å². The van der Waals surface area contributed by atoms with Crippen molar-refractivity contribution in [1.82, 2.24) is 15.4 Å². The highest BCUT2D eigenvalue weighted by Crippen LogP contribution is 2.32. The molecule has 1 amide bonds. The Hall–Kier alpha value is -2.68. The average molecular weight is 380 g/mol. The van der Waals surface area contributed by atoms with Gasteiger partial charge in [0.1, 0.15) is 10.7 Å². The first kappa shape index (κ1) is 18.1. The molecule has 136 valence electrons. The number of amides is 1. The quantitative estimate of drug-likeness (QED) is 0.662. The maximum atomic E-state index is 12.7. The Balaban J connectivity index is 1.82. The number of anilines is 1. The lowest BCUT2D eigenvalue weighted by molar-refractivity contribution is -0.137. The van der Waals surface area contributed by atoms with E-state index in [1.165, 1.54) is 23.5 Å². The number of nitrogens with zero attached hydrogens (tertiary/aromatic N) is 2. The Labute approximate surface area is 151 Å². The van der Waals surface area contributed by atoms with E-state index < -0.39 is 17.6 Å². The number of carbonyl (C=O) groups excluding carboxylic acids is 1. The summed E-state index contributed by atoms with van der Waals surface area (Å²) in [5.41, 5.74) is 5.83. The van der Waals surface area contributed by atoms with Gasteiger partial charge in [0.05, 0.1) is 16.1 Å². The maximum Gasteiger partial charge on any atom is 0.416 e. The van der Waals surface area contributed by atoms with Gasteiger partial charge in [-0.1, -0.05) is 6.07 Å². The van der Waals surface area contributed by atoms with Crippen LogP contribution in [0.2, 0.25) is 0 Å². The van der Waals surface area contributed by atoms with E-state index in [2.05, 4.69) is 20.8 Å². The monoisotopic (exact) mass is 380 g/mol. The van der Waals surface area contributed by atoms with E-state index >= 15 is 0 Å². The third-order valence-corrected chi connectivity index (χ3v) is 4.98. The molecule has 0 saturated carbocycles. The van der Waals surface area contributed by atoms with Gasteiger partial charge < -0.3 is 0 Å². The van der Waals surface area contributed by atoms with E-state index in [1.54, 1.807) is 13.8 Å². The van der Waals surface area contributed by atoms with Crippen molar-refractivity contribution in [1.29, 1.82) is 0 Å². The van der Waals surface area contributed by atoms with Crippen molar-refractivity contribution in [2.75, 3.05) is 5.43 Å². The van der Waals surface area contributed by atoms with Crippen LogP contribution in [0.1, 0.15) is 32.3 Å². The molecule has 0 aliphatic heterocycles. The van der Waals surface area contributed by atoms with E-state index in [1.807, 2.05) is 6.92 Å². The van der Waals surface area contributed by atoms with Crippen LogP contribution in [-0.4, -0.2) is 15.9 Å². The molecule has 0 unspecified atom stereocenters. The van der Waals surface area contributed by atoms with E-state index in [9.17, 15) is 18.0 Å². The van der Waals surface area contributed by atoms with Crippen molar-refractivity contribution in [3.8, 4) is 0 Å². The Morgan fingerprint density at radius 1 is 1.15 bits per heavy atom. The average Bonchev–Trinajstić information content (AvgIpc) is 2.89. The summed E-state index contributed by atoms with van der Waals surface area (Å²) in [7, 11) is 0. The number of aryl methyl sites for hydroxylation is 3. The number of alkyl halides is 3. The summed E-state index contributed by atoms with van der Waals surface area (Å²) < 4.78 is 38.2. The standard InChI is InChI=1S/C17H15F3N4OS/c1-8-13-9(2)21-10(3)22-16(13)26-14(8)15(25)24-23-12-6-4-5-11(7-12)17(18,19)20/h4-7,23H,1-3H3,(H,24,25). The van der Waals surface area contributed by atoms with E-state index in [0.29, 0.717) is 15.5 Å². The van der Waals surface area contributed by atoms with E-state index in [-0.39, 0.29) is 5.69 Å². The first-order valence-corrected chi connectivity index (χ1v) is 8.46. The molecule has 3 aromatic rings. The lowest BCUT2D eigenvalue weighted by Crippen LogP contribution is -2.29. The first-order valence-electron chi connectivity index (χ1n) is 7.65. The number of halogens is 3. The van der Waals surface area contributed by atoms with Gasteiger partial charge in [-0.3, -0.25) is 15.6 Å². The molecule has 2 N–H and O–H groups in total. The molecule has 5 nitrogen and oxygen atoms in total. The molecule has 1 aromatic carbocycles. The number of hydrogen-bond acceptors (Lipinski definition) is 5. The first-order chi connectivity index (χ1) is 12.2. The summed E-state index contributed by atoms with van der Waals surface area (Å²) in [6.45, 7) is 5.42. The number of hydrogen-bond donors (Lipinski definition) is 2. The minimum atomic E-state index is -4.45. The fourth-order valence-electron chi connectivity index (χ4n) is 2.65. The maximum absolute atomic E-state index is 12.7. The molecule has 0 saturated heterocycles. The fourth-order valence-corrected chi connectivity index (χ4v) is 3.82. The zero-order valence-corrected chi connectivity index (χ0v) is 15.0. The molecule has 0 fully saturated rings. The highest BCUT2D eigenvalue weighted by atomic mass is 32.1. The Bertz CT molecular complexity index is 998. The molecule has 9 heteroatoms. The fraction of sp³-hybridized carbons (Fsp3) is 0.235. The van der Waals surface area contributed by atoms with Crippen molar-refractivity contribution in [3.05, 3.63) is 51.8 Å². The number of benzene rings is 1. The zero-order valence-electron chi connectivity index (χ0n) is 14.2. The van der Waals surface area contributed by atoms with Crippen molar-refractivity contribution < 1.29 is 18.0 Å². The number of nitrogens with one attached hydrogen (secondary N) is 2. The minimum Gasteiger partial charge on any atom is -0.298 e. The van der Waals surface area contributed by atoms with Gasteiger partial charge in [0.2, 0.25) is 0 Å². The molecule has 0 bridgehead atoms. The van der Waals surface area contributed by atoms with Crippen LogP contribution in [0.5, 0.6) is 0 Å². The van der Waals surface area contributed by atoms with Crippen LogP contribution in [0.4, 0.5) is 18.9 Å². The molecule has 26 heavy (non-hydrogen) atoms.